The third kappa shape index (κ3) is 6.35. The molecule has 3 rings (SSSR count). The van der Waals surface area contributed by atoms with Crippen molar-refractivity contribution in [3.8, 4) is 0 Å². The first kappa shape index (κ1) is 24.3. The van der Waals surface area contributed by atoms with E-state index in [4.69, 9.17) is 9.47 Å². The van der Waals surface area contributed by atoms with E-state index >= 15 is 0 Å². The van der Waals surface area contributed by atoms with Crippen LogP contribution >= 0.6 is 0 Å². The fourth-order valence-corrected chi connectivity index (χ4v) is 4.62. The normalized spacial score (nSPS) is 24.8. The first-order valence-corrected chi connectivity index (χ1v) is 11.9. The van der Waals surface area contributed by atoms with Crippen LogP contribution in [0.25, 0.3) is 6.08 Å². The molecule has 3 unspecified atom stereocenters. The van der Waals surface area contributed by atoms with Crippen molar-refractivity contribution >= 4 is 17.9 Å². The van der Waals surface area contributed by atoms with Gasteiger partial charge in [-0.3, -0.25) is 9.59 Å². The number of hydrogen-bond donors (Lipinski definition) is 1. The van der Waals surface area contributed by atoms with Gasteiger partial charge < -0.3 is 19.7 Å². The predicted octanol–water partition coefficient (Wildman–Crippen LogP) is 4.01. The van der Waals surface area contributed by atoms with Crippen LogP contribution < -0.4 is 5.32 Å². The number of hydrogen-bond acceptors (Lipinski definition) is 4. The number of carbonyl (C=O) groups is 2. The van der Waals surface area contributed by atoms with Crippen LogP contribution in [0.15, 0.2) is 36.1 Å². The molecule has 2 fully saturated rings. The van der Waals surface area contributed by atoms with Crippen LogP contribution in [0.3, 0.4) is 0 Å². The number of nitrogens with one attached hydrogen (secondary N) is 1. The lowest BCUT2D eigenvalue weighted by molar-refractivity contribution is -0.154. The Morgan fingerprint density at radius 2 is 2.00 bits per heavy atom. The lowest BCUT2D eigenvalue weighted by Gasteiger charge is -2.48. The molecule has 1 heterocycles. The number of ether oxygens (including phenoxy) is 2. The van der Waals surface area contributed by atoms with Crippen molar-refractivity contribution in [1.29, 1.82) is 0 Å². The van der Waals surface area contributed by atoms with Gasteiger partial charge in [0.15, 0.2) is 5.76 Å². The Labute approximate surface area is 192 Å². The molecule has 32 heavy (non-hydrogen) atoms. The Morgan fingerprint density at radius 3 is 2.69 bits per heavy atom. The van der Waals surface area contributed by atoms with E-state index in [-0.39, 0.29) is 35.9 Å². The molecule has 1 N–H and O–H groups in total. The minimum atomic E-state index is -0.200. The summed E-state index contributed by atoms with van der Waals surface area (Å²) in [5.74, 6) is 0.480. The van der Waals surface area contributed by atoms with E-state index in [0.717, 1.165) is 31.2 Å². The standard InChI is InChI=1S/C26H38N2O4/c1-5-31-15-9-14-27-24(29)18-28-21-17-20(26(2,3)4)12-13-22(21)32-23(25(28)30)16-19-10-7-6-8-11-19/h6-8,10-11,16,20-22H,5,9,12-15,17-18H2,1-4H3,(H,27,29)/b23-16-. The highest BCUT2D eigenvalue weighted by Crippen LogP contribution is 2.42. The first-order valence-electron chi connectivity index (χ1n) is 11.9. The summed E-state index contributed by atoms with van der Waals surface area (Å²) in [6.45, 7) is 10.6. The van der Waals surface area contributed by atoms with Gasteiger partial charge in [0.25, 0.3) is 5.91 Å². The second-order valence-corrected chi connectivity index (χ2v) is 9.85. The van der Waals surface area contributed by atoms with Crippen LogP contribution in [-0.2, 0) is 19.1 Å². The number of rotatable bonds is 8. The molecule has 1 aromatic rings. The number of morpholine rings is 1. The molecule has 2 aliphatic rings. The molecular weight excluding hydrogens is 404 g/mol. The summed E-state index contributed by atoms with van der Waals surface area (Å²) in [5, 5.41) is 2.94. The number of carbonyl (C=O) groups excluding carboxylic acids is 2. The highest BCUT2D eigenvalue weighted by atomic mass is 16.5. The van der Waals surface area contributed by atoms with Crippen LogP contribution in [0, 0.1) is 11.3 Å². The van der Waals surface area contributed by atoms with E-state index in [2.05, 4.69) is 26.1 Å². The zero-order valence-corrected chi connectivity index (χ0v) is 19.9. The molecule has 1 aliphatic heterocycles. The Morgan fingerprint density at radius 1 is 1.25 bits per heavy atom. The second kappa shape index (κ2) is 11.0. The first-order chi connectivity index (χ1) is 15.3. The van der Waals surface area contributed by atoms with Crippen LogP contribution in [0.4, 0.5) is 0 Å². The number of benzene rings is 1. The molecule has 1 aliphatic carbocycles. The maximum Gasteiger partial charge on any atom is 0.289 e. The van der Waals surface area contributed by atoms with Gasteiger partial charge in [-0.25, -0.2) is 0 Å². The molecule has 1 aromatic carbocycles. The molecule has 0 spiro atoms. The van der Waals surface area contributed by atoms with E-state index in [1.165, 1.54) is 0 Å². The molecule has 6 nitrogen and oxygen atoms in total. The molecule has 2 amide bonds. The third-order valence-corrected chi connectivity index (χ3v) is 6.53. The van der Waals surface area contributed by atoms with Gasteiger partial charge in [-0.05, 0) is 55.6 Å². The summed E-state index contributed by atoms with van der Waals surface area (Å²) in [6.07, 6.45) is 5.28. The molecule has 0 bridgehead atoms. The molecule has 3 atom stereocenters. The lowest BCUT2D eigenvalue weighted by atomic mass is 9.69. The average Bonchev–Trinajstić information content (AvgIpc) is 2.76. The van der Waals surface area contributed by atoms with Crippen LogP contribution in [0.5, 0.6) is 0 Å². The number of fused-ring (bicyclic) bond motifs is 1. The minimum absolute atomic E-state index is 0.0565. The van der Waals surface area contributed by atoms with E-state index in [1.807, 2.05) is 37.3 Å². The number of amides is 2. The summed E-state index contributed by atoms with van der Waals surface area (Å²) in [5.41, 5.74) is 1.07. The Balaban J connectivity index is 1.75. The van der Waals surface area contributed by atoms with E-state index < -0.39 is 0 Å². The molecule has 6 heteroatoms. The molecule has 0 radical (unpaired) electrons. The Kier molecular flexibility index (Phi) is 8.35. The highest BCUT2D eigenvalue weighted by molar-refractivity contribution is 5.98. The number of nitrogens with zero attached hydrogens (tertiary/aromatic N) is 1. The van der Waals surface area contributed by atoms with E-state index in [9.17, 15) is 9.59 Å². The van der Waals surface area contributed by atoms with Crippen LogP contribution in [0.2, 0.25) is 0 Å². The second-order valence-electron chi connectivity index (χ2n) is 9.85. The highest BCUT2D eigenvalue weighted by Gasteiger charge is 2.46. The molecule has 0 aromatic heterocycles. The largest absolute Gasteiger partial charge is 0.482 e. The zero-order chi connectivity index (χ0) is 23.1. The molecule has 1 saturated carbocycles. The van der Waals surface area contributed by atoms with Crippen LogP contribution in [-0.4, -0.2) is 55.2 Å². The smallest absolute Gasteiger partial charge is 0.289 e. The van der Waals surface area contributed by atoms with Crippen molar-refractivity contribution < 1.29 is 19.1 Å². The van der Waals surface area contributed by atoms with Gasteiger partial charge >= 0.3 is 0 Å². The average molecular weight is 443 g/mol. The van der Waals surface area contributed by atoms with Crippen molar-refractivity contribution in [2.24, 2.45) is 11.3 Å². The summed E-state index contributed by atoms with van der Waals surface area (Å²) < 4.78 is 11.6. The van der Waals surface area contributed by atoms with Gasteiger partial charge in [-0.2, -0.15) is 0 Å². The summed E-state index contributed by atoms with van der Waals surface area (Å²) >= 11 is 0. The monoisotopic (exact) mass is 442 g/mol. The third-order valence-electron chi connectivity index (χ3n) is 6.53. The van der Waals surface area contributed by atoms with Crippen molar-refractivity contribution in [3.63, 3.8) is 0 Å². The summed E-state index contributed by atoms with van der Waals surface area (Å²) in [7, 11) is 0. The van der Waals surface area contributed by atoms with Crippen molar-refractivity contribution in [3.05, 3.63) is 41.7 Å². The molecule has 1 saturated heterocycles. The van der Waals surface area contributed by atoms with Crippen molar-refractivity contribution in [2.45, 2.75) is 65.5 Å². The zero-order valence-electron chi connectivity index (χ0n) is 19.9. The Bertz CT molecular complexity index is 800. The van der Waals surface area contributed by atoms with E-state index in [1.54, 1.807) is 11.0 Å². The van der Waals surface area contributed by atoms with Gasteiger partial charge in [0.05, 0.1) is 6.04 Å². The van der Waals surface area contributed by atoms with Gasteiger partial charge in [0, 0.05) is 19.8 Å². The summed E-state index contributed by atoms with van der Waals surface area (Å²) in [4.78, 5) is 27.9. The maximum absolute atomic E-state index is 13.4. The predicted molar refractivity (Wildman–Crippen MR) is 126 cm³/mol. The fraction of sp³-hybridized carbons (Fsp3) is 0.615. The molecular formula is C26H38N2O4. The lowest BCUT2D eigenvalue weighted by Crippen LogP contribution is -2.58. The van der Waals surface area contributed by atoms with Gasteiger partial charge in [-0.1, -0.05) is 51.1 Å². The van der Waals surface area contributed by atoms with Crippen molar-refractivity contribution in [2.75, 3.05) is 26.3 Å². The molecule has 176 valence electrons. The van der Waals surface area contributed by atoms with Crippen molar-refractivity contribution in [1.82, 2.24) is 10.2 Å². The van der Waals surface area contributed by atoms with E-state index in [0.29, 0.717) is 31.4 Å². The Hall–Kier alpha value is -2.34. The quantitative estimate of drug-likeness (QED) is 0.488. The van der Waals surface area contributed by atoms with Gasteiger partial charge in [0.1, 0.15) is 12.6 Å². The SMILES string of the molecule is CCOCCCNC(=O)CN1C(=O)/C(=C/c2ccccc2)OC2CCC(C(C)(C)C)CC21. The minimum Gasteiger partial charge on any atom is -0.482 e. The fourth-order valence-electron chi connectivity index (χ4n) is 4.62. The topological polar surface area (TPSA) is 67.9 Å². The maximum atomic E-state index is 13.4. The summed E-state index contributed by atoms with van der Waals surface area (Å²) in [6, 6.07) is 9.62. The van der Waals surface area contributed by atoms with Gasteiger partial charge in [0.2, 0.25) is 5.91 Å². The van der Waals surface area contributed by atoms with Gasteiger partial charge in [-0.15, -0.1) is 0 Å². The van der Waals surface area contributed by atoms with Crippen LogP contribution in [0.1, 0.15) is 58.9 Å².